The van der Waals surface area contributed by atoms with Crippen LogP contribution in [-0.2, 0) is 25.4 Å². The first kappa shape index (κ1) is 27.1. The maximum Gasteiger partial charge on any atom is 0.263 e. The number of benzene rings is 1. The molecule has 1 aliphatic carbocycles. The van der Waals surface area contributed by atoms with E-state index in [0.717, 1.165) is 22.9 Å². The molecule has 10 unspecified atom stereocenters. The van der Waals surface area contributed by atoms with Crippen LogP contribution in [0.25, 0.3) is 10.9 Å². The lowest BCUT2D eigenvalue weighted by molar-refractivity contribution is -0.332. The summed E-state index contributed by atoms with van der Waals surface area (Å²) in [6, 6.07) is 6.14. The maximum absolute atomic E-state index is 11.0. The topological polar surface area (TPSA) is 206 Å². The molecule has 214 valence electrons. The van der Waals surface area contributed by atoms with Gasteiger partial charge in [0.05, 0.1) is 19.8 Å². The van der Waals surface area contributed by atoms with Gasteiger partial charge in [0.15, 0.2) is 0 Å². The number of aromatic nitrogens is 1. The van der Waals surface area contributed by atoms with Crippen LogP contribution in [-0.4, -0.2) is 128 Å². The zero-order chi connectivity index (χ0) is 27.5. The van der Waals surface area contributed by atoms with Crippen molar-refractivity contribution in [1.82, 2.24) is 10.3 Å². The second kappa shape index (κ2) is 10.0. The van der Waals surface area contributed by atoms with E-state index < -0.39 is 74.6 Å². The van der Waals surface area contributed by atoms with Crippen LogP contribution in [0, 0.1) is 0 Å². The first-order chi connectivity index (χ1) is 18.8. The van der Waals surface area contributed by atoms with Crippen molar-refractivity contribution in [3.05, 3.63) is 47.4 Å². The number of aliphatic hydroxyl groups excluding tert-OH is 7. The van der Waals surface area contributed by atoms with Crippen LogP contribution in [0.3, 0.4) is 0 Å². The fourth-order valence-electron chi connectivity index (χ4n) is 6.25. The van der Waals surface area contributed by atoms with Crippen molar-refractivity contribution in [2.24, 2.45) is 0 Å². The van der Waals surface area contributed by atoms with Crippen LogP contribution < -0.4 is 5.32 Å². The summed E-state index contributed by atoms with van der Waals surface area (Å²) in [5.41, 5.74) is 3.35. The van der Waals surface area contributed by atoms with Crippen molar-refractivity contribution in [2.45, 2.75) is 66.6 Å². The normalized spacial score (nSPS) is 41.6. The first-order valence-electron chi connectivity index (χ1n) is 13.0. The van der Waals surface area contributed by atoms with Crippen LogP contribution >= 0.6 is 0 Å². The van der Waals surface area contributed by atoms with E-state index in [1.807, 2.05) is 24.4 Å². The molecule has 6 rings (SSSR count). The molecule has 39 heavy (non-hydrogen) atoms. The number of H-pyrrole nitrogens is 1. The zero-order valence-corrected chi connectivity index (χ0v) is 21.0. The van der Waals surface area contributed by atoms with E-state index in [2.05, 4.69) is 16.4 Å². The maximum atomic E-state index is 11.0. The Kier molecular flexibility index (Phi) is 6.97. The lowest BCUT2D eigenvalue weighted by atomic mass is 9.78. The Bertz CT molecular complexity index is 1240. The number of fused-ring (bicyclic) bond motifs is 2. The average molecular weight is 551 g/mol. The predicted octanol–water partition coefficient (Wildman–Crippen LogP) is -2.69. The van der Waals surface area contributed by atoms with Gasteiger partial charge in [0.1, 0.15) is 55.6 Å². The van der Waals surface area contributed by atoms with Crippen LogP contribution in [0.5, 0.6) is 0 Å². The Labute approximate surface area is 223 Å². The molecule has 0 amide bonds. The minimum absolute atomic E-state index is 0.0694. The van der Waals surface area contributed by atoms with Gasteiger partial charge in [0, 0.05) is 29.1 Å². The number of hydrogen-bond acceptors (Lipinski definition) is 12. The Balaban J connectivity index is 1.30. The molecule has 2 aromatic rings. The van der Waals surface area contributed by atoms with Crippen molar-refractivity contribution in [1.29, 1.82) is 0 Å². The van der Waals surface area contributed by atoms with E-state index in [4.69, 9.17) is 18.9 Å². The third kappa shape index (κ3) is 4.21. The Hall–Kier alpha value is -2.14. The third-order valence-corrected chi connectivity index (χ3v) is 8.37. The lowest BCUT2D eigenvalue weighted by Gasteiger charge is -2.40. The van der Waals surface area contributed by atoms with Crippen LogP contribution in [0.15, 0.2) is 36.2 Å². The molecule has 2 fully saturated rings. The third-order valence-electron chi connectivity index (χ3n) is 8.37. The standard InChI is InChI=1S/C26H34N2O11/c29-8-18-21(32)23(34)25(10-31,38-18)36-11-26(24(35)22(33)19(9-30)39-26)37-13-5-15-14-2-1-3-16-20(14)12(6-27-16)4-17(15)28-7-13/h1-3,5-6,15,17-19,21-24,27-35H,4,7-11H2. The first-order valence-corrected chi connectivity index (χ1v) is 13.0. The minimum Gasteiger partial charge on any atom is -0.460 e. The molecule has 0 saturated carbocycles. The molecule has 4 aliphatic rings. The second-order valence-corrected chi connectivity index (χ2v) is 10.7. The monoisotopic (exact) mass is 550 g/mol. The lowest BCUT2D eigenvalue weighted by Crippen LogP contribution is -2.56. The van der Waals surface area contributed by atoms with Gasteiger partial charge in [-0.2, -0.15) is 0 Å². The fourth-order valence-corrected chi connectivity index (χ4v) is 6.25. The highest BCUT2D eigenvalue weighted by Crippen LogP contribution is 2.42. The van der Waals surface area contributed by atoms with E-state index in [1.165, 1.54) is 5.56 Å². The number of hydrogen-bond donors (Lipinski definition) is 9. The van der Waals surface area contributed by atoms with Gasteiger partial charge < -0.3 is 65.0 Å². The molecule has 4 heterocycles. The highest BCUT2D eigenvalue weighted by Gasteiger charge is 2.61. The summed E-state index contributed by atoms with van der Waals surface area (Å²) < 4.78 is 23.2. The Morgan fingerprint density at radius 3 is 2.31 bits per heavy atom. The van der Waals surface area contributed by atoms with Gasteiger partial charge in [-0.1, -0.05) is 12.1 Å². The summed E-state index contributed by atoms with van der Waals surface area (Å²) in [5, 5.41) is 76.2. The van der Waals surface area contributed by atoms with E-state index in [0.29, 0.717) is 5.76 Å². The molecule has 2 saturated heterocycles. The molecule has 3 aliphatic heterocycles. The highest BCUT2D eigenvalue weighted by atomic mass is 16.8. The van der Waals surface area contributed by atoms with E-state index in [1.54, 1.807) is 0 Å². The van der Waals surface area contributed by atoms with E-state index in [9.17, 15) is 35.7 Å². The van der Waals surface area contributed by atoms with Gasteiger partial charge in [0.2, 0.25) is 5.79 Å². The molecule has 1 aromatic heterocycles. The van der Waals surface area contributed by atoms with Crippen LogP contribution in [0.4, 0.5) is 0 Å². The number of aromatic amines is 1. The molecule has 13 nitrogen and oxygen atoms in total. The summed E-state index contributed by atoms with van der Waals surface area (Å²) >= 11 is 0. The summed E-state index contributed by atoms with van der Waals surface area (Å²) in [4.78, 5) is 3.31. The smallest absolute Gasteiger partial charge is 0.263 e. The van der Waals surface area contributed by atoms with Crippen molar-refractivity contribution >= 4 is 10.9 Å². The summed E-state index contributed by atoms with van der Waals surface area (Å²) in [6.45, 7) is -2.58. The van der Waals surface area contributed by atoms with Crippen molar-refractivity contribution in [3.8, 4) is 0 Å². The Morgan fingerprint density at radius 2 is 1.64 bits per heavy atom. The number of ether oxygens (including phenoxy) is 4. The molecule has 0 spiro atoms. The van der Waals surface area contributed by atoms with E-state index >= 15 is 0 Å². The van der Waals surface area contributed by atoms with Gasteiger partial charge >= 0.3 is 0 Å². The van der Waals surface area contributed by atoms with Gasteiger partial charge in [-0.15, -0.1) is 0 Å². The van der Waals surface area contributed by atoms with Gasteiger partial charge in [-0.25, -0.2) is 0 Å². The predicted molar refractivity (Wildman–Crippen MR) is 132 cm³/mol. The molecular weight excluding hydrogens is 516 g/mol. The summed E-state index contributed by atoms with van der Waals surface area (Å²) in [7, 11) is 0. The molecule has 9 N–H and O–H groups in total. The average Bonchev–Trinajstić information content (AvgIpc) is 3.56. The van der Waals surface area contributed by atoms with E-state index in [-0.39, 0.29) is 18.5 Å². The largest absolute Gasteiger partial charge is 0.460 e. The van der Waals surface area contributed by atoms with Gasteiger partial charge in [-0.3, -0.25) is 0 Å². The van der Waals surface area contributed by atoms with Crippen molar-refractivity contribution < 1.29 is 54.7 Å². The SMILES string of the molecule is OCC1OC(CO)(OCC2(OC3=CC4c5cccc6[nH]cc(c56)CC4NC3)OC(CO)C(O)C2O)C(O)C1O. The molecule has 0 radical (unpaired) electrons. The molecular formula is C26H34N2O11. The second-order valence-electron chi connectivity index (χ2n) is 10.7. The molecule has 0 bridgehead atoms. The van der Waals surface area contributed by atoms with Gasteiger partial charge in [0.25, 0.3) is 5.79 Å². The number of aliphatic hydroxyl groups is 7. The van der Waals surface area contributed by atoms with Gasteiger partial charge in [-0.05, 0) is 29.7 Å². The number of nitrogens with one attached hydrogen (secondary N) is 2. The number of rotatable bonds is 8. The highest BCUT2D eigenvalue weighted by molar-refractivity contribution is 5.88. The quantitative estimate of drug-likeness (QED) is 0.165. The minimum atomic E-state index is -2.16. The molecule has 13 heteroatoms. The zero-order valence-electron chi connectivity index (χ0n) is 21.0. The Morgan fingerprint density at radius 1 is 0.949 bits per heavy atom. The van der Waals surface area contributed by atoms with Crippen molar-refractivity contribution in [2.75, 3.05) is 33.0 Å². The van der Waals surface area contributed by atoms with Crippen molar-refractivity contribution in [3.63, 3.8) is 0 Å². The molecule has 10 atom stereocenters. The van der Waals surface area contributed by atoms with Crippen LogP contribution in [0.2, 0.25) is 0 Å². The molecule has 1 aromatic carbocycles. The van der Waals surface area contributed by atoms with Crippen LogP contribution in [0.1, 0.15) is 17.0 Å². The summed E-state index contributed by atoms with van der Waals surface area (Å²) in [5.74, 6) is -3.91. The summed E-state index contributed by atoms with van der Waals surface area (Å²) in [6.07, 6.45) is -4.25. The fraction of sp³-hybridized carbons (Fsp3) is 0.615.